The van der Waals surface area contributed by atoms with Gasteiger partial charge in [0.25, 0.3) is 0 Å². The summed E-state index contributed by atoms with van der Waals surface area (Å²) in [5.41, 5.74) is 3.99. The van der Waals surface area contributed by atoms with E-state index in [0.717, 1.165) is 16.7 Å². The quantitative estimate of drug-likeness (QED) is 0.531. The lowest BCUT2D eigenvalue weighted by atomic mass is 10.00. The first-order valence-electron chi connectivity index (χ1n) is 8.61. The number of rotatable bonds is 7. The second kappa shape index (κ2) is 8.99. The van der Waals surface area contributed by atoms with Crippen molar-refractivity contribution in [3.8, 4) is 23.0 Å². The highest BCUT2D eigenvalue weighted by Crippen LogP contribution is 2.31. The van der Waals surface area contributed by atoms with Crippen molar-refractivity contribution >= 4 is 12.2 Å². The predicted octanol–water partition coefficient (Wildman–Crippen LogP) is 5.18. The fraction of sp³-hybridized carbons (Fsp3) is 0.273. The molecule has 0 amide bonds. The maximum Gasteiger partial charge on any atom is 0.161 e. The lowest BCUT2D eigenvalue weighted by molar-refractivity contribution is 0.318. The van der Waals surface area contributed by atoms with E-state index in [1.54, 1.807) is 31.4 Å². The molecule has 4 nitrogen and oxygen atoms in total. The molecule has 0 aliphatic rings. The van der Waals surface area contributed by atoms with Gasteiger partial charge in [0.05, 0.1) is 13.7 Å². The highest BCUT2D eigenvalue weighted by Gasteiger charge is 2.09. The average molecular weight is 354 g/mol. The van der Waals surface area contributed by atoms with Crippen LogP contribution < -0.4 is 9.47 Å². The Morgan fingerprint density at radius 1 is 1.04 bits per heavy atom. The van der Waals surface area contributed by atoms with E-state index in [0.29, 0.717) is 24.5 Å². The third-order valence-electron chi connectivity index (χ3n) is 3.90. The van der Waals surface area contributed by atoms with Crippen molar-refractivity contribution in [2.45, 2.75) is 27.2 Å². The molecule has 0 spiro atoms. The number of phenols is 2. The summed E-state index contributed by atoms with van der Waals surface area (Å²) in [6.45, 7) is 6.45. The van der Waals surface area contributed by atoms with Crippen LogP contribution in [0.5, 0.6) is 23.0 Å². The Kier molecular flexibility index (Phi) is 6.73. The highest BCUT2D eigenvalue weighted by atomic mass is 16.5. The molecule has 2 N–H and O–H groups in total. The first-order valence-corrected chi connectivity index (χ1v) is 8.61. The van der Waals surface area contributed by atoms with Crippen LogP contribution in [0.1, 0.15) is 37.5 Å². The summed E-state index contributed by atoms with van der Waals surface area (Å²) in [5, 5.41) is 19.8. The van der Waals surface area contributed by atoms with Gasteiger partial charge in [0.15, 0.2) is 11.5 Å². The Morgan fingerprint density at radius 3 is 2.46 bits per heavy atom. The van der Waals surface area contributed by atoms with Gasteiger partial charge in [-0.1, -0.05) is 29.9 Å². The Balaban J connectivity index is 2.41. The van der Waals surface area contributed by atoms with Gasteiger partial charge >= 0.3 is 0 Å². The third-order valence-corrected chi connectivity index (χ3v) is 3.90. The molecule has 0 saturated heterocycles. The van der Waals surface area contributed by atoms with Crippen molar-refractivity contribution in [1.29, 1.82) is 0 Å². The minimum atomic E-state index is 0.118. The summed E-state index contributed by atoms with van der Waals surface area (Å²) in [6, 6.07) is 8.55. The van der Waals surface area contributed by atoms with Crippen LogP contribution in [-0.4, -0.2) is 23.9 Å². The number of aromatic hydroxyl groups is 2. The molecule has 0 bridgehead atoms. The molecule has 2 aromatic carbocycles. The monoisotopic (exact) mass is 354 g/mol. The number of methoxy groups -OCH3 is 1. The summed E-state index contributed by atoms with van der Waals surface area (Å²) in [6.07, 6.45) is 6.69. The SMILES string of the molecule is CCOc1cc(C=Cc2cc(O)cc(OC)c2CC=C(C)C)ccc1O. The van der Waals surface area contributed by atoms with Gasteiger partial charge in [-0.2, -0.15) is 0 Å². The molecule has 0 aromatic heterocycles. The Bertz CT molecular complexity index is 815. The topological polar surface area (TPSA) is 58.9 Å². The predicted molar refractivity (Wildman–Crippen MR) is 106 cm³/mol. The molecule has 0 unspecified atom stereocenters. The lowest BCUT2D eigenvalue weighted by Gasteiger charge is -2.12. The van der Waals surface area contributed by atoms with Gasteiger partial charge in [0.1, 0.15) is 11.5 Å². The Hall–Kier alpha value is -2.88. The van der Waals surface area contributed by atoms with E-state index in [9.17, 15) is 10.2 Å². The van der Waals surface area contributed by atoms with E-state index in [-0.39, 0.29) is 11.5 Å². The molecule has 0 aliphatic carbocycles. The molecule has 0 saturated carbocycles. The molecule has 0 fully saturated rings. The Labute approximate surface area is 155 Å². The van der Waals surface area contributed by atoms with Gasteiger partial charge in [-0.3, -0.25) is 0 Å². The van der Waals surface area contributed by atoms with Crippen LogP contribution in [0.15, 0.2) is 42.0 Å². The lowest BCUT2D eigenvalue weighted by Crippen LogP contribution is -1.95. The molecule has 138 valence electrons. The first-order chi connectivity index (χ1) is 12.4. The van der Waals surface area contributed by atoms with Crippen LogP contribution in [0.3, 0.4) is 0 Å². The van der Waals surface area contributed by atoms with Crippen molar-refractivity contribution in [3.63, 3.8) is 0 Å². The molecule has 0 heterocycles. The fourth-order valence-corrected chi connectivity index (χ4v) is 2.60. The molecular weight excluding hydrogens is 328 g/mol. The van der Waals surface area contributed by atoms with Gasteiger partial charge in [-0.25, -0.2) is 0 Å². The maximum absolute atomic E-state index is 9.99. The van der Waals surface area contributed by atoms with Crippen molar-refractivity contribution in [2.24, 2.45) is 0 Å². The standard InChI is InChI=1S/C22H26O4/c1-5-26-22-12-16(8-11-20(22)24)7-9-17-13-18(23)14-21(25-4)19(17)10-6-15(2)3/h6-9,11-14,23-24H,5,10H2,1-4H3. The van der Waals surface area contributed by atoms with Crippen LogP contribution in [0.2, 0.25) is 0 Å². The van der Waals surface area contributed by atoms with Crippen molar-refractivity contribution < 1.29 is 19.7 Å². The van der Waals surface area contributed by atoms with Crippen LogP contribution in [0, 0.1) is 0 Å². The number of hydrogen-bond donors (Lipinski definition) is 2. The second-order valence-electron chi connectivity index (χ2n) is 6.19. The van der Waals surface area contributed by atoms with Gasteiger partial charge < -0.3 is 19.7 Å². The van der Waals surface area contributed by atoms with Crippen LogP contribution in [-0.2, 0) is 6.42 Å². The summed E-state index contributed by atoms with van der Waals surface area (Å²) in [4.78, 5) is 0. The van der Waals surface area contributed by atoms with Gasteiger partial charge in [0.2, 0.25) is 0 Å². The zero-order valence-corrected chi connectivity index (χ0v) is 15.7. The second-order valence-corrected chi connectivity index (χ2v) is 6.19. The number of phenolic OH excluding ortho intramolecular Hbond substituents is 2. The molecule has 0 aliphatic heterocycles. The molecule has 0 radical (unpaired) electrons. The number of allylic oxidation sites excluding steroid dienone is 2. The third kappa shape index (κ3) is 5.06. The van der Waals surface area contributed by atoms with Crippen LogP contribution in [0.25, 0.3) is 12.2 Å². The first kappa shape index (κ1) is 19.4. The average Bonchev–Trinajstić information content (AvgIpc) is 2.60. The summed E-state index contributed by atoms with van der Waals surface area (Å²) in [5.74, 6) is 1.38. The number of benzene rings is 2. The maximum atomic E-state index is 9.99. The molecule has 0 atom stereocenters. The van der Waals surface area contributed by atoms with E-state index >= 15 is 0 Å². The van der Waals surface area contributed by atoms with E-state index in [1.165, 1.54) is 5.57 Å². The van der Waals surface area contributed by atoms with E-state index in [2.05, 4.69) is 6.08 Å². The normalized spacial score (nSPS) is 10.8. The minimum Gasteiger partial charge on any atom is -0.508 e. The largest absolute Gasteiger partial charge is 0.508 e. The van der Waals surface area contributed by atoms with E-state index in [4.69, 9.17) is 9.47 Å². The molecule has 2 aromatic rings. The minimum absolute atomic E-state index is 0.118. The highest BCUT2D eigenvalue weighted by molar-refractivity contribution is 5.74. The smallest absolute Gasteiger partial charge is 0.161 e. The van der Waals surface area contributed by atoms with Crippen molar-refractivity contribution in [1.82, 2.24) is 0 Å². The van der Waals surface area contributed by atoms with Gasteiger partial charge in [0, 0.05) is 11.6 Å². The van der Waals surface area contributed by atoms with E-state index in [1.807, 2.05) is 39.0 Å². The fourth-order valence-electron chi connectivity index (χ4n) is 2.60. The Morgan fingerprint density at radius 2 is 1.81 bits per heavy atom. The van der Waals surface area contributed by atoms with Gasteiger partial charge in [-0.15, -0.1) is 0 Å². The zero-order chi connectivity index (χ0) is 19.1. The molecule has 2 rings (SSSR count). The van der Waals surface area contributed by atoms with Crippen molar-refractivity contribution in [3.05, 3.63) is 58.7 Å². The van der Waals surface area contributed by atoms with Crippen LogP contribution in [0.4, 0.5) is 0 Å². The molecule has 4 heteroatoms. The number of ether oxygens (including phenoxy) is 2. The number of hydrogen-bond acceptors (Lipinski definition) is 4. The van der Waals surface area contributed by atoms with E-state index < -0.39 is 0 Å². The summed E-state index contributed by atoms with van der Waals surface area (Å²) in [7, 11) is 1.60. The molecular formula is C22H26O4. The van der Waals surface area contributed by atoms with Gasteiger partial charge in [-0.05, 0) is 56.5 Å². The summed E-state index contributed by atoms with van der Waals surface area (Å²) >= 11 is 0. The molecule has 26 heavy (non-hydrogen) atoms. The van der Waals surface area contributed by atoms with Crippen LogP contribution >= 0.6 is 0 Å². The van der Waals surface area contributed by atoms with Crippen molar-refractivity contribution in [2.75, 3.05) is 13.7 Å². The zero-order valence-electron chi connectivity index (χ0n) is 15.7. The summed E-state index contributed by atoms with van der Waals surface area (Å²) < 4.78 is 10.9.